The van der Waals surface area contributed by atoms with Gasteiger partial charge < -0.3 is 9.84 Å². The molecule has 0 aliphatic carbocycles. The van der Waals surface area contributed by atoms with E-state index in [0.717, 1.165) is 16.9 Å². The van der Waals surface area contributed by atoms with Crippen LogP contribution in [-0.4, -0.2) is 38.5 Å². The zero-order valence-corrected chi connectivity index (χ0v) is 14.8. The summed E-state index contributed by atoms with van der Waals surface area (Å²) >= 11 is 0. The average molecular weight is 414 g/mol. The van der Waals surface area contributed by atoms with Crippen LogP contribution in [0.25, 0.3) is 11.4 Å². The molecule has 11 heteroatoms. The van der Waals surface area contributed by atoms with Crippen molar-refractivity contribution in [2.45, 2.75) is 25.8 Å². The Morgan fingerprint density at radius 1 is 1.07 bits per heavy atom. The van der Waals surface area contributed by atoms with Crippen molar-refractivity contribution in [2.24, 2.45) is 0 Å². The SMILES string of the molecule is OCCn1nnc(-c2cc(OC(F)F)ccc2Cc2ccc(C(F)(F)F)cc2)n1. The van der Waals surface area contributed by atoms with E-state index in [9.17, 15) is 22.0 Å². The minimum atomic E-state index is -4.44. The van der Waals surface area contributed by atoms with Crippen molar-refractivity contribution >= 4 is 0 Å². The molecule has 0 aliphatic heterocycles. The highest BCUT2D eigenvalue weighted by atomic mass is 19.4. The van der Waals surface area contributed by atoms with Crippen molar-refractivity contribution in [3.05, 3.63) is 59.2 Å². The molecule has 0 spiro atoms. The molecule has 0 fully saturated rings. The fraction of sp³-hybridized carbons (Fsp3) is 0.278. The summed E-state index contributed by atoms with van der Waals surface area (Å²) < 4.78 is 67.7. The van der Waals surface area contributed by atoms with Gasteiger partial charge in [0, 0.05) is 5.56 Å². The smallest absolute Gasteiger partial charge is 0.416 e. The summed E-state index contributed by atoms with van der Waals surface area (Å²) in [7, 11) is 0. The van der Waals surface area contributed by atoms with Crippen LogP contribution in [0.1, 0.15) is 16.7 Å². The van der Waals surface area contributed by atoms with Gasteiger partial charge in [0.2, 0.25) is 5.82 Å². The molecule has 1 heterocycles. The van der Waals surface area contributed by atoms with Crippen LogP contribution in [0.4, 0.5) is 22.0 Å². The Balaban J connectivity index is 1.94. The molecule has 0 saturated carbocycles. The fourth-order valence-corrected chi connectivity index (χ4v) is 2.66. The molecular formula is C18H15F5N4O2. The minimum absolute atomic E-state index is 0.0917. The van der Waals surface area contributed by atoms with Gasteiger partial charge in [-0.05, 0) is 47.0 Å². The van der Waals surface area contributed by atoms with Gasteiger partial charge >= 0.3 is 12.8 Å². The minimum Gasteiger partial charge on any atom is -0.435 e. The number of aromatic nitrogens is 4. The van der Waals surface area contributed by atoms with Gasteiger partial charge in [-0.25, -0.2) is 0 Å². The summed E-state index contributed by atoms with van der Waals surface area (Å²) in [4.78, 5) is 1.14. The van der Waals surface area contributed by atoms with E-state index in [2.05, 4.69) is 20.1 Å². The first kappa shape index (κ1) is 20.6. The van der Waals surface area contributed by atoms with Gasteiger partial charge in [-0.3, -0.25) is 0 Å². The molecule has 154 valence electrons. The van der Waals surface area contributed by atoms with Crippen molar-refractivity contribution in [2.75, 3.05) is 6.61 Å². The Bertz CT molecular complexity index is 958. The quantitative estimate of drug-likeness (QED) is 0.599. The number of aliphatic hydroxyl groups is 1. The summed E-state index contributed by atoms with van der Waals surface area (Å²) in [6.45, 7) is -3.15. The number of rotatable bonds is 7. The van der Waals surface area contributed by atoms with E-state index in [4.69, 9.17) is 5.11 Å². The Labute approximate surface area is 161 Å². The van der Waals surface area contributed by atoms with Gasteiger partial charge in [-0.15, -0.1) is 10.2 Å². The summed E-state index contributed by atoms with van der Waals surface area (Å²) in [6, 6.07) is 8.77. The number of alkyl halides is 5. The second kappa shape index (κ2) is 8.52. The standard InChI is InChI=1S/C18H15F5N4O2/c19-17(20)29-14-6-3-12(9-11-1-4-13(5-2-11)18(21,22)23)15(10-14)16-24-26-27(25-16)7-8-28/h1-6,10,17,28H,7-9H2. The molecule has 2 aromatic carbocycles. The van der Waals surface area contributed by atoms with E-state index >= 15 is 0 Å². The average Bonchev–Trinajstić information content (AvgIpc) is 3.11. The topological polar surface area (TPSA) is 73.1 Å². The van der Waals surface area contributed by atoms with E-state index in [1.54, 1.807) is 0 Å². The van der Waals surface area contributed by atoms with Crippen LogP contribution in [0, 0.1) is 0 Å². The van der Waals surface area contributed by atoms with Crippen LogP contribution >= 0.6 is 0 Å². The Morgan fingerprint density at radius 3 is 2.41 bits per heavy atom. The highest BCUT2D eigenvalue weighted by Crippen LogP contribution is 2.31. The second-order valence-corrected chi connectivity index (χ2v) is 6.00. The Kier molecular flexibility index (Phi) is 6.06. The summed E-state index contributed by atoms with van der Waals surface area (Å²) in [5.41, 5.74) is 0.724. The molecule has 6 nitrogen and oxygen atoms in total. The van der Waals surface area contributed by atoms with Crippen molar-refractivity contribution < 1.29 is 31.8 Å². The van der Waals surface area contributed by atoms with Crippen LogP contribution in [-0.2, 0) is 19.1 Å². The van der Waals surface area contributed by atoms with Gasteiger partial charge in [0.1, 0.15) is 5.75 Å². The molecule has 1 aromatic heterocycles. The van der Waals surface area contributed by atoms with E-state index in [0.29, 0.717) is 16.7 Å². The molecule has 0 unspecified atom stereocenters. The number of ether oxygens (including phenoxy) is 1. The fourth-order valence-electron chi connectivity index (χ4n) is 2.66. The lowest BCUT2D eigenvalue weighted by Crippen LogP contribution is -2.06. The predicted molar refractivity (Wildman–Crippen MR) is 91.2 cm³/mol. The lowest BCUT2D eigenvalue weighted by atomic mass is 9.98. The van der Waals surface area contributed by atoms with Crippen molar-refractivity contribution in [1.82, 2.24) is 20.2 Å². The molecule has 0 bridgehead atoms. The number of hydrogen-bond donors (Lipinski definition) is 1. The third kappa shape index (κ3) is 5.25. The molecule has 0 amide bonds. The van der Waals surface area contributed by atoms with E-state index in [1.807, 2.05) is 0 Å². The number of halogens is 5. The van der Waals surface area contributed by atoms with Gasteiger partial charge in [0.15, 0.2) is 0 Å². The van der Waals surface area contributed by atoms with Crippen LogP contribution in [0.3, 0.4) is 0 Å². The molecule has 0 aliphatic rings. The number of nitrogens with zero attached hydrogens (tertiary/aromatic N) is 4. The van der Waals surface area contributed by atoms with Crippen molar-refractivity contribution in [1.29, 1.82) is 0 Å². The third-order valence-electron chi connectivity index (χ3n) is 3.98. The molecule has 1 N–H and O–H groups in total. The zero-order valence-electron chi connectivity index (χ0n) is 14.8. The maximum atomic E-state index is 12.7. The first-order chi connectivity index (χ1) is 13.8. The number of hydrogen-bond acceptors (Lipinski definition) is 5. The van der Waals surface area contributed by atoms with E-state index < -0.39 is 18.4 Å². The van der Waals surface area contributed by atoms with Gasteiger partial charge in [0.05, 0.1) is 18.7 Å². The monoisotopic (exact) mass is 414 g/mol. The van der Waals surface area contributed by atoms with Crippen LogP contribution in [0.5, 0.6) is 5.75 Å². The number of tetrazole rings is 1. The maximum Gasteiger partial charge on any atom is 0.416 e. The molecule has 0 atom stereocenters. The molecule has 29 heavy (non-hydrogen) atoms. The van der Waals surface area contributed by atoms with Crippen LogP contribution in [0.15, 0.2) is 42.5 Å². The Morgan fingerprint density at radius 2 is 1.79 bits per heavy atom. The Hall–Kier alpha value is -3.08. The van der Waals surface area contributed by atoms with Gasteiger partial charge in [-0.1, -0.05) is 18.2 Å². The lowest BCUT2D eigenvalue weighted by Gasteiger charge is -2.11. The van der Waals surface area contributed by atoms with Crippen molar-refractivity contribution in [3.8, 4) is 17.1 Å². The van der Waals surface area contributed by atoms with E-state index in [-0.39, 0.29) is 31.1 Å². The molecular weight excluding hydrogens is 399 g/mol. The second-order valence-electron chi connectivity index (χ2n) is 6.00. The van der Waals surface area contributed by atoms with E-state index in [1.165, 1.54) is 30.3 Å². The normalized spacial score (nSPS) is 11.8. The third-order valence-corrected chi connectivity index (χ3v) is 3.98. The maximum absolute atomic E-state index is 12.7. The number of aliphatic hydroxyl groups excluding tert-OH is 1. The predicted octanol–water partition coefficient (Wildman–Crippen LogP) is 3.54. The molecule has 3 aromatic rings. The summed E-state index contributed by atoms with van der Waals surface area (Å²) in [5.74, 6) is -0.00949. The lowest BCUT2D eigenvalue weighted by molar-refractivity contribution is -0.137. The van der Waals surface area contributed by atoms with Gasteiger partial charge in [0.25, 0.3) is 0 Å². The summed E-state index contributed by atoms with van der Waals surface area (Å²) in [6.07, 6.45) is -4.23. The zero-order chi connectivity index (χ0) is 21.0. The molecule has 3 rings (SSSR count). The van der Waals surface area contributed by atoms with Crippen LogP contribution < -0.4 is 4.74 Å². The highest BCUT2D eigenvalue weighted by Gasteiger charge is 2.30. The first-order valence-electron chi connectivity index (χ1n) is 8.39. The molecule has 0 radical (unpaired) electrons. The van der Waals surface area contributed by atoms with Crippen molar-refractivity contribution in [3.63, 3.8) is 0 Å². The largest absolute Gasteiger partial charge is 0.435 e. The first-order valence-corrected chi connectivity index (χ1v) is 8.39. The van der Waals surface area contributed by atoms with Crippen LogP contribution in [0.2, 0.25) is 0 Å². The number of benzene rings is 2. The van der Waals surface area contributed by atoms with Gasteiger partial charge in [-0.2, -0.15) is 26.7 Å². The molecule has 0 saturated heterocycles. The summed E-state index contributed by atoms with van der Waals surface area (Å²) in [5, 5.41) is 20.7. The highest BCUT2D eigenvalue weighted by molar-refractivity contribution is 5.63.